The topological polar surface area (TPSA) is 74.2 Å². The van der Waals surface area contributed by atoms with Crippen molar-refractivity contribution in [2.75, 3.05) is 6.54 Å². The molecule has 0 amide bonds. The van der Waals surface area contributed by atoms with Gasteiger partial charge in [0.15, 0.2) is 0 Å². The molecule has 20 heavy (non-hydrogen) atoms. The van der Waals surface area contributed by atoms with Crippen LogP contribution in [0.1, 0.15) is 30.4 Å². The second-order valence-corrected chi connectivity index (χ2v) is 4.98. The summed E-state index contributed by atoms with van der Waals surface area (Å²) in [5, 5.41) is 3.95. The number of hydrogen-bond donors (Lipinski definition) is 1. The van der Waals surface area contributed by atoms with E-state index in [1.54, 1.807) is 6.07 Å². The minimum atomic E-state index is -0.278. The van der Waals surface area contributed by atoms with Crippen LogP contribution in [0.15, 0.2) is 22.7 Å². The number of aryl methyl sites for hydroxylation is 1. The van der Waals surface area contributed by atoms with E-state index < -0.39 is 0 Å². The quantitative estimate of drug-likeness (QED) is 0.932. The third kappa shape index (κ3) is 2.44. The number of rotatable bonds is 3. The highest BCUT2D eigenvalue weighted by atomic mass is 19.1. The zero-order valence-electron chi connectivity index (χ0n) is 11.2. The Labute approximate surface area is 115 Å². The van der Waals surface area contributed by atoms with Gasteiger partial charge in [-0.05, 0) is 43.5 Å². The molecule has 1 aliphatic heterocycles. The van der Waals surface area contributed by atoms with Gasteiger partial charge >= 0.3 is 0 Å². The lowest BCUT2D eigenvalue weighted by Crippen LogP contribution is -2.18. The number of nitrogens with zero attached hydrogens (tertiary/aromatic N) is 2. The van der Waals surface area contributed by atoms with Gasteiger partial charge in [-0.1, -0.05) is 5.16 Å². The van der Waals surface area contributed by atoms with E-state index in [0.29, 0.717) is 18.3 Å². The SMILES string of the molecule is Cc1cc(F)ccc1-c1noc(C2CCC(CN)O2)n1. The molecule has 2 unspecified atom stereocenters. The van der Waals surface area contributed by atoms with Gasteiger partial charge in [0.25, 0.3) is 5.89 Å². The third-order valence-corrected chi connectivity index (χ3v) is 3.52. The lowest BCUT2D eigenvalue weighted by atomic mass is 10.1. The third-order valence-electron chi connectivity index (χ3n) is 3.52. The van der Waals surface area contributed by atoms with Gasteiger partial charge in [-0.25, -0.2) is 4.39 Å². The standard InChI is InChI=1S/C14H16FN3O2/c1-8-6-9(15)2-4-11(8)13-17-14(20-18-13)12-5-3-10(7-16)19-12/h2,4,6,10,12H,3,5,7,16H2,1H3. The fourth-order valence-electron chi connectivity index (χ4n) is 2.41. The Morgan fingerprint density at radius 3 is 2.95 bits per heavy atom. The summed E-state index contributed by atoms with van der Waals surface area (Å²) in [6, 6.07) is 4.48. The Balaban J connectivity index is 1.83. The summed E-state index contributed by atoms with van der Waals surface area (Å²) in [6.07, 6.45) is 1.59. The summed E-state index contributed by atoms with van der Waals surface area (Å²) >= 11 is 0. The molecule has 0 bridgehead atoms. The molecule has 0 saturated carbocycles. The molecule has 1 aromatic heterocycles. The van der Waals surface area contributed by atoms with E-state index in [4.69, 9.17) is 15.0 Å². The van der Waals surface area contributed by atoms with E-state index in [0.717, 1.165) is 24.0 Å². The first-order valence-corrected chi connectivity index (χ1v) is 6.63. The molecule has 1 aliphatic rings. The Morgan fingerprint density at radius 1 is 1.40 bits per heavy atom. The van der Waals surface area contributed by atoms with E-state index in [1.807, 2.05) is 6.92 Å². The van der Waals surface area contributed by atoms with Gasteiger partial charge in [-0.15, -0.1) is 0 Å². The number of hydrogen-bond acceptors (Lipinski definition) is 5. The molecular weight excluding hydrogens is 261 g/mol. The van der Waals surface area contributed by atoms with Crippen molar-refractivity contribution in [1.29, 1.82) is 0 Å². The van der Waals surface area contributed by atoms with Crippen molar-refractivity contribution in [2.45, 2.75) is 32.0 Å². The molecule has 2 aromatic rings. The average Bonchev–Trinajstić information content (AvgIpc) is 3.07. The number of aromatic nitrogens is 2. The highest BCUT2D eigenvalue weighted by molar-refractivity contribution is 5.59. The first kappa shape index (κ1) is 13.2. The van der Waals surface area contributed by atoms with Gasteiger partial charge < -0.3 is 15.0 Å². The molecule has 6 heteroatoms. The lowest BCUT2D eigenvalue weighted by molar-refractivity contribution is 0.0307. The van der Waals surface area contributed by atoms with Gasteiger partial charge in [0.05, 0.1) is 6.10 Å². The monoisotopic (exact) mass is 277 g/mol. The van der Waals surface area contributed by atoms with Gasteiger partial charge in [0.2, 0.25) is 5.82 Å². The maximum absolute atomic E-state index is 13.1. The van der Waals surface area contributed by atoms with Gasteiger partial charge in [-0.2, -0.15) is 4.98 Å². The molecular formula is C14H16FN3O2. The molecule has 106 valence electrons. The second kappa shape index (κ2) is 5.30. The number of benzene rings is 1. The fraction of sp³-hybridized carbons (Fsp3) is 0.429. The Bertz CT molecular complexity index is 614. The van der Waals surface area contributed by atoms with Crippen molar-refractivity contribution in [3.63, 3.8) is 0 Å². The summed E-state index contributed by atoms with van der Waals surface area (Å²) in [5.41, 5.74) is 7.10. The van der Waals surface area contributed by atoms with Crippen LogP contribution in [0.2, 0.25) is 0 Å². The highest BCUT2D eigenvalue weighted by Gasteiger charge is 2.30. The van der Waals surface area contributed by atoms with Crippen molar-refractivity contribution in [3.8, 4) is 11.4 Å². The molecule has 1 fully saturated rings. The van der Waals surface area contributed by atoms with E-state index in [-0.39, 0.29) is 18.0 Å². The van der Waals surface area contributed by atoms with Crippen molar-refractivity contribution < 1.29 is 13.7 Å². The summed E-state index contributed by atoms with van der Waals surface area (Å²) in [5.74, 6) is 0.636. The molecule has 2 heterocycles. The zero-order chi connectivity index (χ0) is 14.1. The van der Waals surface area contributed by atoms with Gasteiger partial charge in [0, 0.05) is 12.1 Å². The largest absolute Gasteiger partial charge is 0.364 e. The summed E-state index contributed by atoms with van der Waals surface area (Å²) < 4.78 is 24.1. The van der Waals surface area contributed by atoms with Crippen LogP contribution in [0.3, 0.4) is 0 Å². The maximum Gasteiger partial charge on any atom is 0.256 e. The van der Waals surface area contributed by atoms with Crippen molar-refractivity contribution in [1.82, 2.24) is 10.1 Å². The van der Waals surface area contributed by atoms with E-state index in [2.05, 4.69) is 10.1 Å². The number of ether oxygens (including phenoxy) is 1. The molecule has 2 N–H and O–H groups in total. The normalized spacial score (nSPS) is 22.4. The molecule has 0 spiro atoms. The number of halogens is 1. The van der Waals surface area contributed by atoms with Crippen LogP contribution >= 0.6 is 0 Å². The second-order valence-electron chi connectivity index (χ2n) is 4.98. The van der Waals surface area contributed by atoms with Crippen LogP contribution in [-0.2, 0) is 4.74 Å². The van der Waals surface area contributed by atoms with Crippen LogP contribution in [-0.4, -0.2) is 22.8 Å². The van der Waals surface area contributed by atoms with E-state index in [1.165, 1.54) is 12.1 Å². The summed E-state index contributed by atoms with van der Waals surface area (Å²) in [6.45, 7) is 2.31. The number of nitrogens with two attached hydrogens (primary N) is 1. The van der Waals surface area contributed by atoms with E-state index >= 15 is 0 Å². The predicted molar refractivity (Wildman–Crippen MR) is 70.3 cm³/mol. The maximum atomic E-state index is 13.1. The minimum Gasteiger partial charge on any atom is -0.364 e. The van der Waals surface area contributed by atoms with Crippen molar-refractivity contribution >= 4 is 0 Å². The van der Waals surface area contributed by atoms with Crippen LogP contribution < -0.4 is 5.73 Å². The molecule has 3 rings (SSSR count). The highest BCUT2D eigenvalue weighted by Crippen LogP contribution is 2.32. The summed E-state index contributed by atoms with van der Waals surface area (Å²) in [7, 11) is 0. The lowest BCUT2D eigenvalue weighted by Gasteiger charge is -2.07. The first-order valence-electron chi connectivity index (χ1n) is 6.63. The van der Waals surface area contributed by atoms with Crippen LogP contribution in [0.25, 0.3) is 11.4 Å². The van der Waals surface area contributed by atoms with Crippen LogP contribution in [0.4, 0.5) is 4.39 Å². The Morgan fingerprint density at radius 2 is 2.25 bits per heavy atom. The van der Waals surface area contributed by atoms with Gasteiger partial charge in [-0.3, -0.25) is 0 Å². The van der Waals surface area contributed by atoms with E-state index in [9.17, 15) is 4.39 Å². The smallest absolute Gasteiger partial charge is 0.256 e. The molecule has 0 aliphatic carbocycles. The Hall–Kier alpha value is -1.79. The van der Waals surface area contributed by atoms with Crippen molar-refractivity contribution in [3.05, 3.63) is 35.5 Å². The molecule has 1 aromatic carbocycles. The summed E-state index contributed by atoms with van der Waals surface area (Å²) in [4.78, 5) is 4.36. The minimum absolute atomic E-state index is 0.0582. The molecule has 2 atom stereocenters. The molecule has 1 saturated heterocycles. The molecule has 5 nitrogen and oxygen atoms in total. The van der Waals surface area contributed by atoms with Crippen LogP contribution in [0, 0.1) is 12.7 Å². The zero-order valence-corrected chi connectivity index (χ0v) is 11.2. The molecule has 0 radical (unpaired) electrons. The van der Waals surface area contributed by atoms with Crippen molar-refractivity contribution in [2.24, 2.45) is 5.73 Å². The van der Waals surface area contributed by atoms with Crippen LogP contribution in [0.5, 0.6) is 0 Å². The van der Waals surface area contributed by atoms with Gasteiger partial charge in [0.1, 0.15) is 11.9 Å². The first-order chi connectivity index (χ1) is 9.67. The average molecular weight is 277 g/mol. The predicted octanol–water partition coefficient (Wildman–Crippen LogP) is 2.36. The Kier molecular flexibility index (Phi) is 3.50. The fourth-order valence-corrected chi connectivity index (χ4v) is 2.41.